The summed E-state index contributed by atoms with van der Waals surface area (Å²) in [5.41, 5.74) is 0. The van der Waals surface area contributed by atoms with Gasteiger partial charge in [-0.05, 0) is 12.1 Å². The van der Waals surface area contributed by atoms with E-state index in [0.29, 0.717) is 10.3 Å². The minimum absolute atomic E-state index is 0.356. The van der Waals surface area contributed by atoms with Gasteiger partial charge in [-0.2, -0.15) is 0 Å². The Morgan fingerprint density at radius 1 is 1.00 bits per heavy atom. The van der Waals surface area contributed by atoms with Gasteiger partial charge in [0.25, 0.3) is 0 Å². The second-order valence-corrected chi connectivity index (χ2v) is 2.99. The maximum atomic E-state index is 5.24. The minimum Gasteiger partial charge on any atom is -0.335 e. The summed E-state index contributed by atoms with van der Waals surface area (Å²) >= 11 is 7.67. The average Bonchev–Trinajstić information content (AvgIpc) is 2.53. The number of nitrogens with zero attached hydrogens (tertiary/aromatic N) is 4. The van der Waals surface area contributed by atoms with Crippen molar-refractivity contribution in [3.8, 4) is 0 Å². The Kier molecular flexibility index (Phi) is 4.27. The highest BCUT2D eigenvalue weighted by Crippen LogP contribution is 2.02. The second-order valence-electron chi connectivity index (χ2n) is 2.19. The Bertz CT molecular complexity index is 329. The van der Waals surface area contributed by atoms with Crippen molar-refractivity contribution in [2.45, 2.75) is 10.3 Å². The van der Waals surface area contributed by atoms with Crippen molar-refractivity contribution in [3.05, 3.63) is 30.6 Å². The van der Waals surface area contributed by atoms with Crippen LogP contribution < -0.4 is 5.84 Å². The molecule has 2 N–H and O–H groups in total. The van der Waals surface area contributed by atoms with Gasteiger partial charge in [-0.15, -0.1) is 35.5 Å². The lowest BCUT2D eigenvalue weighted by Crippen LogP contribution is -2.08. The number of pyridine rings is 1. The fourth-order valence-electron chi connectivity index (χ4n) is 0.588. The van der Waals surface area contributed by atoms with Crippen molar-refractivity contribution in [3.63, 3.8) is 0 Å². The van der Waals surface area contributed by atoms with Crippen LogP contribution in [-0.4, -0.2) is 19.9 Å². The lowest BCUT2D eigenvalue weighted by Gasteiger charge is -1.89. The van der Waals surface area contributed by atoms with E-state index >= 15 is 0 Å². The van der Waals surface area contributed by atoms with Crippen molar-refractivity contribution in [2.24, 2.45) is 0 Å². The Morgan fingerprint density at radius 3 is 1.64 bits per heavy atom. The van der Waals surface area contributed by atoms with Gasteiger partial charge in [0.1, 0.15) is 0 Å². The second kappa shape index (κ2) is 5.51. The smallest absolute Gasteiger partial charge is 0.207 e. The Morgan fingerprint density at radius 2 is 1.50 bits per heavy atom. The lowest BCUT2D eigenvalue weighted by atomic mass is 10.5. The molecule has 0 spiro atoms. The van der Waals surface area contributed by atoms with E-state index in [1.165, 1.54) is 4.68 Å². The van der Waals surface area contributed by atoms with Crippen LogP contribution in [0.25, 0.3) is 0 Å². The number of hydrogen-bond acceptors (Lipinski definition) is 6. The highest BCUT2D eigenvalue weighted by Gasteiger charge is 1.98. The zero-order valence-corrected chi connectivity index (χ0v) is 8.94. The normalized spacial score (nSPS) is 9.00. The van der Waals surface area contributed by atoms with Gasteiger partial charge in [0.05, 0.1) is 0 Å². The monoisotopic (exact) mass is 227 g/mol. The molecule has 5 nitrogen and oxygen atoms in total. The molecule has 0 aliphatic carbocycles. The topological polar surface area (TPSA) is 69.6 Å². The van der Waals surface area contributed by atoms with E-state index < -0.39 is 0 Å². The first-order valence-electron chi connectivity index (χ1n) is 3.65. The maximum Gasteiger partial charge on any atom is 0.207 e. The van der Waals surface area contributed by atoms with Gasteiger partial charge in [0.2, 0.25) is 10.3 Å². The molecule has 2 aromatic heterocycles. The molecule has 0 saturated carbocycles. The van der Waals surface area contributed by atoms with E-state index in [1.807, 2.05) is 18.2 Å². The van der Waals surface area contributed by atoms with E-state index in [2.05, 4.69) is 40.4 Å². The molecule has 0 atom stereocenters. The predicted octanol–water partition coefficient (Wildman–Crippen LogP) is 0.651. The molecule has 0 fully saturated rings. The summed E-state index contributed by atoms with van der Waals surface area (Å²) in [4.78, 5) is 3.78. The molecular formula is C7H9N5S2. The first-order valence-corrected chi connectivity index (χ1v) is 4.54. The van der Waals surface area contributed by atoms with Crippen LogP contribution in [0.5, 0.6) is 0 Å². The number of nitrogen functional groups attached to an aromatic ring is 1. The van der Waals surface area contributed by atoms with E-state index in [1.54, 1.807) is 12.4 Å². The zero-order valence-electron chi connectivity index (χ0n) is 7.15. The van der Waals surface area contributed by atoms with Crippen molar-refractivity contribution in [1.29, 1.82) is 0 Å². The summed E-state index contributed by atoms with van der Waals surface area (Å²) in [6.07, 6.45) is 3.50. The van der Waals surface area contributed by atoms with Gasteiger partial charge >= 0.3 is 0 Å². The summed E-state index contributed by atoms with van der Waals surface area (Å²) in [6.45, 7) is 0. The van der Waals surface area contributed by atoms with Crippen LogP contribution >= 0.6 is 25.3 Å². The van der Waals surface area contributed by atoms with Crippen LogP contribution in [0.1, 0.15) is 0 Å². The molecule has 0 bridgehead atoms. The molecule has 0 aliphatic heterocycles. The lowest BCUT2D eigenvalue weighted by molar-refractivity contribution is 0.787. The van der Waals surface area contributed by atoms with Gasteiger partial charge in [0.15, 0.2) is 0 Å². The molecule has 0 saturated heterocycles. The summed E-state index contributed by atoms with van der Waals surface area (Å²) in [7, 11) is 0. The van der Waals surface area contributed by atoms with Crippen LogP contribution in [0.4, 0.5) is 0 Å². The highest BCUT2D eigenvalue weighted by atomic mass is 32.1. The number of hydrogen-bond donors (Lipinski definition) is 3. The van der Waals surface area contributed by atoms with E-state index in [4.69, 9.17) is 5.84 Å². The van der Waals surface area contributed by atoms with Crippen molar-refractivity contribution >= 4 is 25.3 Å². The molecular weight excluding hydrogens is 218 g/mol. The molecule has 0 amide bonds. The number of rotatable bonds is 0. The van der Waals surface area contributed by atoms with E-state index in [-0.39, 0.29) is 0 Å². The third-order valence-corrected chi connectivity index (χ3v) is 1.84. The number of nitrogens with two attached hydrogens (primary N) is 1. The molecule has 0 unspecified atom stereocenters. The quantitative estimate of drug-likeness (QED) is 0.456. The first kappa shape index (κ1) is 10.9. The van der Waals surface area contributed by atoms with Gasteiger partial charge in [-0.3, -0.25) is 4.98 Å². The third-order valence-electron chi connectivity index (χ3n) is 1.23. The molecule has 0 aromatic carbocycles. The summed E-state index contributed by atoms with van der Waals surface area (Å²) < 4.78 is 1.17. The number of aromatic nitrogens is 4. The van der Waals surface area contributed by atoms with Gasteiger partial charge < -0.3 is 5.84 Å². The van der Waals surface area contributed by atoms with Crippen LogP contribution in [-0.2, 0) is 0 Å². The third kappa shape index (κ3) is 3.27. The Labute approximate surface area is 92.2 Å². The van der Waals surface area contributed by atoms with Crippen LogP contribution in [0, 0.1) is 0 Å². The van der Waals surface area contributed by atoms with Crippen molar-refractivity contribution in [2.75, 3.05) is 5.84 Å². The van der Waals surface area contributed by atoms with E-state index in [9.17, 15) is 0 Å². The summed E-state index contributed by atoms with van der Waals surface area (Å²) in [5.74, 6) is 5.24. The average molecular weight is 227 g/mol. The van der Waals surface area contributed by atoms with Crippen LogP contribution in [0.15, 0.2) is 40.9 Å². The molecule has 2 rings (SSSR count). The van der Waals surface area contributed by atoms with Crippen LogP contribution in [0.3, 0.4) is 0 Å². The maximum absolute atomic E-state index is 5.24. The fourth-order valence-corrected chi connectivity index (χ4v) is 0.946. The Hall–Kier alpha value is -1.21. The van der Waals surface area contributed by atoms with Crippen molar-refractivity contribution in [1.82, 2.24) is 19.9 Å². The Balaban J connectivity index is 0.000000146. The molecule has 0 aliphatic rings. The highest BCUT2D eigenvalue weighted by molar-refractivity contribution is 7.80. The zero-order chi connectivity index (χ0) is 10.4. The molecule has 2 aromatic rings. The van der Waals surface area contributed by atoms with Gasteiger partial charge in [-0.25, -0.2) is 4.68 Å². The standard InChI is InChI=1S/C5H5N.C2H4N4S2/c1-2-4-6-5-3-1;3-6-1(7)4-5-2(6)8/h1-5H;3H2,(H,4,7)(H,5,8). The molecule has 2 heterocycles. The largest absolute Gasteiger partial charge is 0.335 e. The fraction of sp³-hybridized carbons (Fsp3) is 0. The molecule has 0 radical (unpaired) electrons. The van der Waals surface area contributed by atoms with Crippen LogP contribution in [0.2, 0.25) is 0 Å². The van der Waals surface area contributed by atoms with Gasteiger partial charge in [-0.1, -0.05) is 6.07 Å². The SMILES string of the molecule is Nn1c(S)nnc1S.c1ccncc1. The minimum atomic E-state index is 0.356. The summed E-state index contributed by atoms with van der Waals surface area (Å²) in [5, 5.41) is 7.70. The first-order chi connectivity index (χ1) is 6.72. The number of thiol groups is 2. The van der Waals surface area contributed by atoms with E-state index in [0.717, 1.165) is 0 Å². The van der Waals surface area contributed by atoms with Gasteiger partial charge in [0, 0.05) is 12.4 Å². The molecule has 14 heavy (non-hydrogen) atoms. The predicted molar refractivity (Wildman–Crippen MR) is 58.9 cm³/mol. The molecule has 74 valence electrons. The molecule has 7 heteroatoms. The summed E-state index contributed by atoms with van der Waals surface area (Å²) in [6, 6.07) is 5.72. The van der Waals surface area contributed by atoms with Crippen molar-refractivity contribution < 1.29 is 0 Å².